The molecule has 0 saturated carbocycles. The second-order valence-corrected chi connectivity index (χ2v) is 6.24. The molecular formula is C18H20N2O4. The SMILES string of the molecule is CC(C)Oc1cccc(CN2C(=O)NC(C)(c3ccco3)C2=O)c1. The largest absolute Gasteiger partial charge is 0.491 e. The van der Waals surface area contributed by atoms with E-state index in [9.17, 15) is 9.59 Å². The quantitative estimate of drug-likeness (QED) is 0.856. The molecule has 3 rings (SSSR count). The van der Waals surface area contributed by atoms with Crippen LogP contribution in [0.4, 0.5) is 4.79 Å². The number of amides is 3. The highest BCUT2D eigenvalue weighted by Crippen LogP contribution is 2.30. The summed E-state index contributed by atoms with van der Waals surface area (Å²) < 4.78 is 11.0. The Hall–Kier alpha value is -2.76. The summed E-state index contributed by atoms with van der Waals surface area (Å²) in [5.41, 5.74) is -0.354. The van der Waals surface area contributed by atoms with Gasteiger partial charge in [-0.15, -0.1) is 0 Å². The van der Waals surface area contributed by atoms with Crippen LogP contribution in [0, 0.1) is 0 Å². The monoisotopic (exact) mass is 328 g/mol. The maximum Gasteiger partial charge on any atom is 0.325 e. The van der Waals surface area contributed by atoms with E-state index < -0.39 is 11.6 Å². The van der Waals surface area contributed by atoms with E-state index in [0.717, 1.165) is 5.56 Å². The van der Waals surface area contributed by atoms with E-state index in [2.05, 4.69) is 5.32 Å². The Kier molecular flexibility index (Phi) is 4.05. The van der Waals surface area contributed by atoms with E-state index in [1.165, 1.54) is 11.2 Å². The van der Waals surface area contributed by atoms with Crippen molar-refractivity contribution in [3.63, 3.8) is 0 Å². The normalized spacial score (nSPS) is 20.6. The molecule has 0 bridgehead atoms. The predicted octanol–water partition coefficient (Wildman–Crippen LogP) is 3.03. The van der Waals surface area contributed by atoms with Crippen LogP contribution in [0.3, 0.4) is 0 Å². The maximum absolute atomic E-state index is 12.8. The summed E-state index contributed by atoms with van der Waals surface area (Å²) in [5, 5.41) is 2.71. The Labute approximate surface area is 140 Å². The van der Waals surface area contributed by atoms with Gasteiger partial charge in [-0.1, -0.05) is 12.1 Å². The number of rotatable bonds is 5. The molecule has 0 spiro atoms. The second kappa shape index (κ2) is 6.03. The van der Waals surface area contributed by atoms with Crippen molar-refractivity contribution in [3.8, 4) is 5.75 Å². The van der Waals surface area contributed by atoms with E-state index in [0.29, 0.717) is 11.5 Å². The first-order valence-electron chi connectivity index (χ1n) is 7.84. The molecule has 0 aliphatic carbocycles. The molecular weight excluding hydrogens is 308 g/mol. The number of furan rings is 1. The number of hydrogen-bond acceptors (Lipinski definition) is 4. The number of carbonyl (C=O) groups is 2. The number of imide groups is 1. The topological polar surface area (TPSA) is 71.8 Å². The third-order valence-corrected chi connectivity index (χ3v) is 3.90. The zero-order valence-corrected chi connectivity index (χ0v) is 13.9. The Bertz CT molecular complexity index is 754. The Morgan fingerprint density at radius 2 is 2.04 bits per heavy atom. The lowest BCUT2D eigenvalue weighted by atomic mass is 9.99. The molecule has 2 heterocycles. The van der Waals surface area contributed by atoms with Crippen molar-refractivity contribution in [1.29, 1.82) is 0 Å². The molecule has 6 nitrogen and oxygen atoms in total. The lowest BCUT2D eigenvalue weighted by Gasteiger charge is -2.19. The highest BCUT2D eigenvalue weighted by molar-refractivity contribution is 6.06. The van der Waals surface area contributed by atoms with Gasteiger partial charge in [-0.2, -0.15) is 0 Å². The fourth-order valence-corrected chi connectivity index (χ4v) is 2.74. The number of benzene rings is 1. The molecule has 1 aliphatic rings. The summed E-state index contributed by atoms with van der Waals surface area (Å²) in [6.07, 6.45) is 1.54. The molecule has 1 N–H and O–H groups in total. The number of ether oxygens (including phenoxy) is 1. The molecule has 0 radical (unpaired) electrons. The van der Waals surface area contributed by atoms with E-state index in [-0.39, 0.29) is 18.6 Å². The average molecular weight is 328 g/mol. The zero-order valence-electron chi connectivity index (χ0n) is 13.9. The van der Waals surface area contributed by atoms with Crippen molar-refractivity contribution in [3.05, 3.63) is 54.0 Å². The Balaban J connectivity index is 1.81. The first-order valence-corrected chi connectivity index (χ1v) is 7.84. The molecule has 2 aromatic rings. The van der Waals surface area contributed by atoms with Gasteiger partial charge < -0.3 is 14.5 Å². The van der Waals surface area contributed by atoms with Crippen LogP contribution in [0.5, 0.6) is 5.75 Å². The highest BCUT2D eigenvalue weighted by Gasteiger charge is 2.50. The molecule has 126 valence electrons. The lowest BCUT2D eigenvalue weighted by Crippen LogP contribution is -2.40. The molecule has 3 amide bonds. The summed E-state index contributed by atoms with van der Waals surface area (Å²) >= 11 is 0. The van der Waals surface area contributed by atoms with Gasteiger partial charge >= 0.3 is 6.03 Å². The van der Waals surface area contributed by atoms with Crippen molar-refractivity contribution >= 4 is 11.9 Å². The summed E-state index contributed by atoms with van der Waals surface area (Å²) in [6, 6.07) is 10.3. The van der Waals surface area contributed by atoms with Crippen LogP contribution in [0.2, 0.25) is 0 Å². The van der Waals surface area contributed by atoms with Crippen LogP contribution in [0.15, 0.2) is 47.1 Å². The molecule has 1 fully saturated rings. The molecule has 1 saturated heterocycles. The minimum Gasteiger partial charge on any atom is -0.491 e. The number of carbonyl (C=O) groups excluding carboxylic acids is 2. The van der Waals surface area contributed by atoms with Gasteiger partial charge in [0, 0.05) is 0 Å². The van der Waals surface area contributed by atoms with Gasteiger partial charge in [0.1, 0.15) is 11.5 Å². The van der Waals surface area contributed by atoms with Gasteiger partial charge in [-0.3, -0.25) is 9.69 Å². The van der Waals surface area contributed by atoms with Crippen LogP contribution >= 0.6 is 0 Å². The van der Waals surface area contributed by atoms with Crippen LogP contribution in [0.1, 0.15) is 32.1 Å². The molecule has 24 heavy (non-hydrogen) atoms. The zero-order chi connectivity index (χ0) is 17.3. The fourth-order valence-electron chi connectivity index (χ4n) is 2.74. The maximum atomic E-state index is 12.8. The number of urea groups is 1. The van der Waals surface area contributed by atoms with Gasteiger partial charge in [0.15, 0.2) is 5.54 Å². The van der Waals surface area contributed by atoms with Crippen molar-refractivity contribution in [2.75, 3.05) is 0 Å². The first-order chi connectivity index (χ1) is 11.4. The number of nitrogens with zero attached hydrogens (tertiary/aromatic N) is 1. The van der Waals surface area contributed by atoms with E-state index >= 15 is 0 Å². The highest BCUT2D eigenvalue weighted by atomic mass is 16.5. The average Bonchev–Trinajstić information content (AvgIpc) is 3.12. The molecule has 1 aliphatic heterocycles. The van der Waals surface area contributed by atoms with Crippen LogP contribution < -0.4 is 10.1 Å². The molecule has 1 unspecified atom stereocenters. The predicted molar refractivity (Wildman–Crippen MR) is 87.3 cm³/mol. The van der Waals surface area contributed by atoms with Gasteiger partial charge in [-0.25, -0.2) is 4.79 Å². The minimum absolute atomic E-state index is 0.0548. The standard InChI is InChI=1S/C18H20N2O4/c1-12(2)24-14-7-4-6-13(10-14)11-20-16(21)18(3,19-17(20)22)15-8-5-9-23-15/h4-10,12H,11H2,1-3H3,(H,19,22). The second-order valence-electron chi connectivity index (χ2n) is 6.24. The van der Waals surface area contributed by atoms with Crippen LogP contribution in [0.25, 0.3) is 0 Å². The fraction of sp³-hybridized carbons (Fsp3) is 0.333. The van der Waals surface area contributed by atoms with Crippen molar-refractivity contribution < 1.29 is 18.7 Å². The summed E-state index contributed by atoms with van der Waals surface area (Å²) in [7, 11) is 0. The molecule has 1 aromatic heterocycles. The summed E-state index contributed by atoms with van der Waals surface area (Å²) in [6.45, 7) is 5.71. The summed E-state index contributed by atoms with van der Waals surface area (Å²) in [4.78, 5) is 26.2. The third kappa shape index (κ3) is 2.87. The van der Waals surface area contributed by atoms with Crippen LogP contribution in [-0.4, -0.2) is 22.9 Å². The van der Waals surface area contributed by atoms with E-state index in [1.807, 2.05) is 38.1 Å². The smallest absolute Gasteiger partial charge is 0.325 e. The molecule has 1 atom stereocenters. The van der Waals surface area contributed by atoms with Crippen LogP contribution in [-0.2, 0) is 16.9 Å². The molecule has 1 aromatic carbocycles. The number of hydrogen-bond donors (Lipinski definition) is 1. The summed E-state index contributed by atoms with van der Waals surface area (Å²) in [5.74, 6) is 0.793. The van der Waals surface area contributed by atoms with Gasteiger partial charge in [-0.05, 0) is 50.6 Å². The number of nitrogens with one attached hydrogen (secondary N) is 1. The minimum atomic E-state index is -1.17. The van der Waals surface area contributed by atoms with Crippen molar-refractivity contribution in [2.24, 2.45) is 0 Å². The van der Waals surface area contributed by atoms with Gasteiger partial charge in [0.25, 0.3) is 5.91 Å². The first kappa shape index (κ1) is 16.1. The molecule has 6 heteroatoms. The van der Waals surface area contributed by atoms with Gasteiger partial charge in [0.2, 0.25) is 0 Å². The van der Waals surface area contributed by atoms with Crippen molar-refractivity contribution in [1.82, 2.24) is 10.2 Å². The van der Waals surface area contributed by atoms with E-state index in [1.54, 1.807) is 19.1 Å². The third-order valence-electron chi connectivity index (χ3n) is 3.90. The van der Waals surface area contributed by atoms with Gasteiger partial charge in [0.05, 0.1) is 18.9 Å². The van der Waals surface area contributed by atoms with Crippen molar-refractivity contribution in [2.45, 2.75) is 39.0 Å². The van der Waals surface area contributed by atoms with E-state index in [4.69, 9.17) is 9.15 Å². The Morgan fingerprint density at radius 3 is 2.71 bits per heavy atom. The Morgan fingerprint density at radius 1 is 1.25 bits per heavy atom. The lowest BCUT2D eigenvalue weighted by molar-refractivity contribution is -0.132.